The lowest BCUT2D eigenvalue weighted by molar-refractivity contribution is 0.111. The molecule has 3 rings (SSSR count). The van der Waals surface area contributed by atoms with Crippen molar-refractivity contribution in [3.05, 3.63) is 47.5 Å². The zero-order valence-corrected chi connectivity index (χ0v) is 10.9. The Morgan fingerprint density at radius 3 is 1.67 bits per heavy atom. The fourth-order valence-electron chi connectivity index (χ4n) is 1.85. The van der Waals surface area contributed by atoms with E-state index in [1.807, 2.05) is 24.3 Å². The SMILES string of the molecule is O=Cc1cccc2c1Sc1c(C=O)cccc1S2. The molecule has 0 aliphatic carbocycles. The maximum atomic E-state index is 11.1. The van der Waals surface area contributed by atoms with E-state index in [0.717, 1.165) is 32.2 Å². The van der Waals surface area contributed by atoms with E-state index in [0.29, 0.717) is 11.1 Å². The minimum Gasteiger partial charge on any atom is -0.298 e. The summed E-state index contributed by atoms with van der Waals surface area (Å²) in [4.78, 5) is 26.1. The second kappa shape index (κ2) is 4.63. The monoisotopic (exact) mass is 272 g/mol. The van der Waals surface area contributed by atoms with Gasteiger partial charge in [0.2, 0.25) is 0 Å². The molecule has 0 amide bonds. The molecule has 18 heavy (non-hydrogen) atoms. The van der Waals surface area contributed by atoms with Gasteiger partial charge in [-0.2, -0.15) is 0 Å². The van der Waals surface area contributed by atoms with Gasteiger partial charge in [-0.3, -0.25) is 9.59 Å². The summed E-state index contributed by atoms with van der Waals surface area (Å²) >= 11 is 3.10. The van der Waals surface area contributed by atoms with Crippen LogP contribution in [0.1, 0.15) is 20.7 Å². The predicted octanol–water partition coefficient (Wildman–Crippen LogP) is 3.93. The third-order valence-electron chi connectivity index (χ3n) is 2.70. The van der Waals surface area contributed by atoms with Crippen molar-refractivity contribution < 1.29 is 9.59 Å². The first kappa shape index (κ1) is 11.6. The summed E-state index contributed by atoms with van der Waals surface area (Å²) < 4.78 is 0. The van der Waals surface area contributed by atoms with Crippen LogP contribution in [0.2, 0.25) is 0 Å². The van der Waals surface area contributed by atoms with E-state index >= 15 is 0 Å². The van der Waals surface area contributed by atoms with Crippen LogP contribution >= 0.6 is 23.5 Å². The van der Waals surface area contributed by atoms with Gasteiger partial charge in [0.25, 0.3) is 0 Å². The smallest absolute Gasteiger partial charge is 0.151 e. The van der Waals surface area contributed by atoms with E-state index in [-0.39, 0.29) is 0 Å². The highest BCUT2D eigenvalue weighted by atomic mass is 32.2. The van der Waals surface area contributed by atoms with Crippen molar-refractivity contribution in [3.63, 3.8) is 0 Å². The van der Waals surface area contributed by atoms with Crippen LogP contribution in [0, 0.1) is 0 Å². The molecule has 2 nitrogen and oxygen atoms in total. The van der Waals surface area contributed by atoms with Gasteiger partial charge >= 0.3 is 0 Å². The molecule has 1 aliphatic rings. The predicted molar refractivity (Wildman–Crippen MR) is 71.9 cm³/mol. The van der Waals surface area contributed by atoms with Gasteiger partial charge in [0, 0.05) is 30.7 Å². The van der Waals surface area contributed by atoms with Crippen LogP contribution in [0.5, 0.6) is 0 Å². The highest BCUT2D eigenvalue weighted by Crippen LogP contribution is 2.50. The summed E-state index contributed by atoms with van der Waals surface area (Å²) in [7, 11) is 0. The number of hydrogen-bond acceptors (Lipinski definition) is 4. The van der Waals surface area contributed by atoms with Crippen molar-refractivity contribution in [3.8, 4) is 0 Å². The van der Waals surface area contributed by atoms with Gasteiger partial charge in [-0.15, -0.1) is 0 Å². The molecule has 88 valence electrons. The topological polar surface area (TPSA) is 34.1 Å². The molecule has 2 aromatic carbocycles. The number of aldehydes is 2. The quantitative estimate of drug-likeness (QED) is 0.662. The highest BCUT2D eigenvalue weighted by molar-refractivity contribution is 8.05. The zero-order valence-electron chi connectivity index (χ0n) is 9.25. The normalized spacial score (nSPS) is 12.4. The van der Waals surface area contributed by atoms with Crippen LogP contribution < -0.4 is 0 Å². The molecule has 0 atom stereocenters. The third-order valence-corrected chi connectivity index (χ3v) is 5.39. The number of fused-ring (bicyclic) bond motifs is 2. The second-order valence-electron chi connectivity index (χ2n) is 3.79. The molecule has 1 heterocycles. The summed E-state index contributed by atoms with van der Waals surface area (Å²) in [5, 5.41) is 0. The fraction of sp³-hybridized carbons (Fsp3) is 0. The van der Waals surface area contributed by atoms with Gasteiger partial charge in [0.05, 0.1) is 0 Å². The maximum absolute atomic E-state index is 11.1. The molecular weight excluding hydrogens is 264 g/mol. The van der Waals surface area contributed by atoms with Crippen LogP contribution in [0.25, 0.3) is 0 Å². The second-order valence-corrected chi connectivity index (χ2v) is 5.89. The Hall–Kier alpha value is -1.52. The highest BCUT2D eigenvalue weighted by Gasteiger charge is 2.21. The molecule has 2 aromatic rings. The van der Waals surface area contributed by atoms with Gasteiger partial charge in [-0.05, 0) is 12.1 Å². The minimum atomic E-state index is 0.677. The molecular formula is C14H8O2S2. The van der Waals surface area contributed by atoms with Crippen LogP contribution in [0.4, 0.5) is 0 Å². The number of carbonyl (C=O) groups excluding carboxylic acids is 2. The van der Waals surface area contributed by atoms with E-state index < -0.39 is 0 Å². The average molecular weight is 272 g/mol. The Bertz CT molecular complexity index is 595. The number of rotatable bonds is 2. The molecule has 0 unspecified atom stereocenters. The summed E-state index contributed by atoms with van der Waals surface area (Å²) in [6.45, 7) is 0. The first-order valence-corrected chi connectivity index (χ1v) is 6.99. The maximum Gasteiger partial charge on any atom is 0.151 e. The number of benzene rings is 2. The first-order valence-electron chi connectivity index (χ1n) is 5.35. The Kier molecular flexibility index (Phi) is 2.97. The Morgan fingerprint density at radius 2 is 1.22 bits per heavy atom. The van der Waals surface area contributed by atoms with Gasteiger partial charge in [-0.1, -0.05) is 47.8 Å². The number of carbonyl (C=O) groups is 2. The van der Waals surface area contributed by atoms with E-state index in [1.54, 1.807) is 23.9 Å². The number of hydrogen-bond donors (Lipinski definition) is 0. The van der Waals surface area contributed by atoms with Gasteiger partial charge in [0.1, 0.15) is 0 Å². The lowest BCUT2D eigenvalue weighted by atomic mass is 10.2. The molecule has 0 fully saturated rings. The lowest BCUT2D eigenvalue weighted by Gasteiger charge is -2.20. The minimum absolute atomic E-state index is 0.677. The molecule has 0 saturated heterocycles. The van der Waals surface area contributed by atoms with Crippen molar-refractivity contribution >= 4 is 36.1 Å². The van der Waals surface area contributed by atoms with Crippen molar-refractivity contribution in [2.45, 2.75) is 19.6 Å². The molecule has 0 radical (unpaired) electrons. The molecule has 4 heteroatoms. The summed E-state index contributed by atoms with van der Waals surface area (Å²) in [6.07, 6.45) is 1.72. The molecule has 0 N–H and O–H groups in total. The molecule has 0 aromatic heterocycles. The van der Waals surface area contributed by atoms with Crippen LogP contribution in [-0.2, 0) is 0 Å². The van der Waals surface area contributed by atoms with Crippen LogP contribution in [-0.4, -0.2) is 12.6 Å². The molecule has 0 bridgehead atoms. The zero-order chi connectivity index (χ0) is 12.5. The van der Waals surface area contributed by atoms with Crippen molar-refractivity contribution in [1.29, 1.82) is 0 Å². The average Bonchev–Trinajstić information content (AvgIpc) is 2.43. The summed E-state index contributed by atoms with van der Waals surface area (Å²) in [5.41, 5.74) is 1.35. The Balaban J connectivity index is 2.18. The van der Waals surface area contributed by atoms with Gasteiger partial charge in [0.15, 0.2) is 12.6 Å². The van der Waals surface area contributed by atoms with Crippen molar-refractivity contribution in [2.75, 3.05) is 0 Å². The standard InChI is InChI=1S/C14H8O2S2/c15-7-9-3-1-5-11-13(9)18-14-10(8-16)4-2-6-12(14)17-11/h1-8H. The fourth-order valence-corrected chi connectivity index (χ4v) is 4.31. The molecule has 0 spiro atoms. The van der Waals surface area contributed by atoms with E-state index in [4.69, 9.17) is 0 Å². The van der Waals surface area contributed by atoms with Crippen molar-refractivity contribution in [1.82, 2.24) is 0 Å². The summed E-state index contributed by atoms with van der Waals surface area (Å²) in [6, 6.07) is 11.4. The van der Waals surface area contributed by atoms with E-state index in [9.17, 15) is 9.59 Å². The first-order chi connectivity index (χ1) is 8.83. The van der Waals surface area contributed by atoms with Gasteiger partial charge < -0.3 is 0 Å². The largest absolute Gasteiger partial charge is 0.298 e. The van der Waals surface area contributed by atoms with Crippen LogP contribution in [0.3, 0.4) is 0 Å². The van der Waals surface area contributed by atoms with Crippen molar-refractivity contribution in [2.24, 2.45) is 0 Å². The molecule has 1 aliphatic heterocycles. The van der Waals surface area contributed by atoms with Gasteiger partial charge in [-0.25, -0.2) is 0 Å². The van der Waals surface area contributed by atoms with E-state index in [2.05, 4.69) is 0 Å². The summed E-state index contributed by atoms with van der Waals surface area (Å²) in [5.74, 6) is 0. The lowest BCUT2D eigenvalue weighted by Crippen LogP contribution is -1.97. The Morgan fingerprint density at radius 1 is 0.722 bits per heavy atom. The molecule has 0 saturated carbocycles. The van der Waals surface area contributed by atoms with E-state index in [1.165, 1.54) is 11.8 Å². The Labute approximate surface area is 113 Å². The van der Waals surface area contributed by atoms with Crippen LogP contribution in [0.15, 0.2) is 56.0 Å². The third kappa shape index (κ3) is 1.78.